The summed E-state index contributed by atoms with van der Waals surface area (Å²) in [6, 6.07) is 0. The fourth-order valence-electron chi connectivity index (χ4n) is 0.562. The molecule has 0 aromatic heterocycles. The van der Waals surface area contributed by atoms with Gasteiger partial charge in [-0.05, 0) is 13.0 Å². The van der Waals surface area contributed by atoms with Gasteiger partial charge in [0.2, 0.25) is 0 Å². The van der Waals surface area contributed by atoms with Gasteiger partial charge in [-0.15, -0.1) is 0 Å². The van der Waals surface area contributed by atoms with E-state index in [1.807, 2.05) is 0 Å². The van der Waals surface area contributed by atoms with Crippen molar-refractivity contribution in [3.63, 3.8) is 0 Å². The zero-order chi connectivity index (χ0) is 8.20. The first-order valence-electron chi connectivity index (χ1n) is 2.84. The second-order valence-electron chi connectivity index (χ2n) is 2.09. The van der Waals surface area contributed by atoms with Gasteiger partial charge in [-0.3, -0.25) is 4.79 Å². The van der Waals surface area contributed by atoms with E-state index in [9.17, 15) is 4.79 Å². The van der Waals surface area contributed by atoms with Gasteiger partial charge in [-0.2, -0.15) is 25.3 Å². The van der Waals surface area contributed by atoms with Gasteiger partial charge in [0, 0.05) is 0 Å². The van der Waals surface area contributed by atoms with Crippen LogP contribution in [-0.2, 0) is 4.79 Å². The maximum absolute atomic E-state index is 10.2. The Labute approximate surface area is 70.8 Å². The van der Waals surface area contributed by atoms with E-state index in [0.717, 1.165) is 0 Å². The monoisotopic (exact) mass is 181 g/mol. The molecule has 0 rings (SSSR count). The van der Waals surface area contributed by atoms with Crippen molar-refractivity contribution in [2.24, 2.45) is 5.73 Å². The quantitative estimate of drug-likeness (QED) is 0.374. The molecule has 60 valence electrons. The van der Waals surface area contributed by atoms with Crippen LogP contribution < -0.4 is 5.73 Å². The summed E-state index contributed by atoms with van der Waals surface area (Å²) < 4.78 is -0.763. The molecule has 0 saturated carbocycles. The summed E-state index contributed by atoms with van der Waals surface area (Å²) in [6.07, 6.45) is 0.419. The molecule has 0 aliphatic heterocycles. The van der Waals surface area contributed by atoms with Gasteiger partial charge < -0.3 is 10.8 Å². The zero-order valence-corrected chi connectivity index (χ0v) is 7.24. The summed E-state index contributed by atoms with van der Waals surface area (Å²) in [5.74, 6) is -0.904. The van der Waals surface area contributed by atoms with Gasteiger partial charge in [0.15, 0.2) is 0 Å². The van der Waals surface area contributed by atoms with Gasteiger partial charge in [0.1, 0.15) is 0 Å². The average molecular weight is 181 g/mol. The first-order chi connectivity index (χ1) is 4.48. The number of carbonyl (C=O) groups is 1. The summed E-state index contributed by atoms with van der Waals surface area (Å²) in [6.45, 7) is 0.403. The lowest BCUT2D eigenvalue weighted by Crippen LogP contribution is -2.22. The zero-order valence-electron chi connectivity index (χ0n) is 5.45. The SMILES string of the molecule is NCCC(S)(S)CC(=O)O. The van der Waals surface area contributed by atoms with E-state index in [2.05, 4.69) is 25.3 Å². The smallest absolute Gasteiger partial charge is 0.305 e. The van der Waals surface area contributed by atoms with E-state index >= 15 is 0 Å². The molecular weight excluding hydrogens is 170 g/mol. The van der Waals surface area contributed by atoms with Crippen LogP contribution in [0.25, 0.3) is 0 Å². The van der Waals surface area contributed by atoms with E-state index in [1.165, 1.54) is 0 Å². The summed E-state index contributed by atoms with van der Waals surface area (Å²) in [5, 5.41) is 8.34. The first-order valence-corrected chi connectivity index (χ1v) is 3.74. The van der Waals surface area contributed by atoms with Crippen LogP contribution in [0.3, 0.4) is 0 Å². The summed E-state index contributed by atoms with van der Waals surface area (Å²) in [4.78, 5) is 10.2. The average Bonchev–Trinajstić information content (AvgIpc) is 1.59. The molecule has 0 radical (unpaired) electrons. The Kier molecular flexibility index (Phi) is 4.15. The maximum Gasteiger partial charge on any atom is 0.305 e. The van der Waals surface area contributed by atoms with Crippen molar-refractivity contribution in [3.8, 4) is 0 Å². The molecule has 3 N–H and O–H groups in total. The van der Waals surface area contributed by atoms with Crippen molar-refractivity contribution in [1.29, 1.82) is 0 Å². The summed E-state index contributed by atoms with van der Waals surface area (Å²) in [5.41, 5.74) is 5.20. The third-order valence-corrected chi connectivity index (χ3v) is 1.74. The molecule has 0 heterocycles. The molecule has 0 atom stereocenters. The van der Waals surface area contributed by atoms with Crippen molar-refractivity contribution >= 4 is 31.2 Å². The predicted molar refractivity (Wildman–Crippen MR) is 46.6 cm³/mol. The Morgan fingerprint density at radius 2 is 2.10 bits per heavy atom. The van der Waals surface area contributed by atoms with Gasteiger partial charge in [-0.1, -0.05) is 0 Å². The number of nitrogens with two attached hydrogens (primary N) is 1. The number of aliphatic carboxylic acids is 1. The second kappa shape index (κ2) is 4.10. The highest BCUT2D eigenvalue weighted by Crippen LogP contribution is 2.27. The molecule has 0 fully saturated rings. The van der Waals surface area contributed by atoms with E-state index in [4.69, 9.17) is 10.8 Å². The van der Waals surface area contributed by atoms with Crippen LogP contribution in [0.4, 0.5) is 0 Å². The number of hydrogen-bond donors (Lipinski definition) is 4. The molecule has 0 saturated heterocycles. The topological polar surface area (TPSA) is 63.3 Å². The lowest BCUT2D eigenvalue weighted by Gasteiger charge is -2.18. The minimum Gasteiger partial charge on any atom is -0.481 e. The molecule has 0 bridgehead atoms. The van der Waals surface area contributed by atoms with E-state index in [-0.39, 0.29) is 6.42 Å². The number of carboxylic acids is 1. The molecule has 0 aliphatic carbocycles. The highest BCUT2D eigenvalue weighted by Gasteiger charge is 2.22. The van der Waals surface area contributed by atoms with Crippen LogP contribution in [0.5, 0.6) is 0 Å². The molecule has 0 aliphatic rings. The van der Waals surface area contributed by atoms with E-state index in [1.54, 1.807) is 0 Å². The molecule has 0 spiro atoms. The van der Waals surface area contributed by atoms with Crippen molar-refractivity contribution in [3.05, 3.63) is 0 Å². The third-order valence-electron chi connectivity index (χ3n) is 0.979. The Bertz CT molecular complexity index is 127. The van der Waals surface area contributed by atoms with Gasteiger partial charge in [0.25, 0.3) is 0 Å². The second-order valence-corrected chi connectivity index (χ2v) is 4.16. The highest BCUT2D eigenvalue weighted by atomic mass is 32.2. The van der Waals surface area contributed by atoms with Crippen LogP contribution >= 0.6 is 25.3 Å². The number of thiol groups is 2. The minimum absolute atomic E-state index is 0.0730. The number of hydrogen-bond acceptors (Lipinski definition) is 4. The van der Waals surface area contributed by atoms with Crippen molar-refractivity contribution in [2.75, 3.05) is 6.54 Å². The van der Waals surface area contributed by atoms with Crippen molar-refractivity contribution in [1.82, 2.24) is 0 Å². The molecule has 5 heteroatoms. The minimum atomic E-state index is -0.904. The number of rotatable bonds is 4. The first kappa shape index (κ1) is 10.1. The van der Waals surface area contributed by atoms with Gasteiger partial charge in [0.05, 0.1) is 10.5 Å². The van der Waals surface area contributed by atoms with Crippen LogP contribution in [-0.4, -0.2) is 21.7 Å². The third kappa shape index (κ3) is 4.96. The standard InChI is InChI=1S/C5H11NO2S2/c6-2-1-5(9,10)3-4(7)8/h9-10H,1-3,6H2,(H,7,8). The maximum atomic E-state index is 10.2. The Hall–Kier alpha value is 0.130. The molecule has 0 aromatic rings. The Morgan fingerprint density at radius 3 is 2.40 bits per heavy atom. The normalized spacial score (nSPS) is 11.5. The Balaban J connectivity index is 3.74. The molecule has 0 unspecified atom stereocenters. The van der Waals surface area contributed by atoms with Crippen LogP contribution in [0.2, 0.25) is 0 Å². The van der Waals surface area contributed by atoms with E-state index < -0.39 is 10.0 Å². The fourth-order valence-corrected chi connectivity index (χ4v) is 1.09. The Morgan fingerprint density at radius 1 is 1.60 bits per heavy atom. The lowest BCUT2D eigenvalue weighted by molar-refractivity contribution is -0.137. The van der Waals surface area contributed by atoms with E-state index in [0.29, 0.717) is 13.0 Å². The number of carboxylic acid groups (broad SMARTS) is 1. The van der Waals surface area contributed by atoms with Crippen LogP contribution in [0.1, 0.15) is 12.8 Å². The van der Waals surface area contributed by atoms with Crippen molar-refractivity contribution in [2.45, 2.75) is 16.9 Å². The van der Waals surface area contributed by atoms with Gasteiger partial charge in [-0.25, -0.2) is 0 Å². The molecular formula is C5H11NO2S2. The van der Waals surface area contributed by atoms with Gasteiger partial charge >= 0.3 is 5.97 Å². The van der Waals surface area contributed by atoms with Crippen LogP contribution in [0, 0.1) is 0 Å². The summed E-state index contributed by atoms with van der Waals surface area (Å²) in [7, 11) is 0. The molecule has 3 nitrogen and oxygen atoms in total. The molecule has 0 aromatic carbocycles. The van der Waals surface area contributed by atoms with Crippen LogP contribution in [0.15, 0.2) is 0 Å². The fraction of sp³-hybridized carbons (Fsp3) is 0.800. The highest BCUT2D eigenvalue weighted by molar-refractivity contribution is 8.00. The molecule has 10 heavy (non-hydrogen) atoms. The predicted octanol–water partition coefficient (Wildman–Crippen LogP) is 0.366. The molecule has 0 amide bonds. The largest absolute Gasteiger partial charge is 0.481 e. The van der Waals surface area contributed by atoms with Crippen molar-refractivity contribution < 1.29 is 9.90 Å². The lowest BCUT2D eigenvalue weighted by atomic mass is 10.2. The summed E-state index contributed by atoms with van der Waals surface area (Å²) >= 11 is 8.02.